The normalized spacial score (nSPS) is 23.9. The number of aromatic nitrogens is 2. The number of carbonyl (C=O) groups excluding carboxylic acids is 2. The van der Waals surface area contributed by atoms with Crippen LogP contribution < -0.4 is 4.90 Å². The second-order valence-electron chi connectivity index (χ2n) is 9.27. The molecule has 0 spiro atoms. The molecule has 1 aromatic rings. The van der Waals surface area contributed by atoms with E-state index in [2.05, 4.69) is 21.8 Å². The Labute approximate surface area is 179 Å². The molecular weight excluding hydrogens is 378 g/mol. The van der Waals surface area contributed by atoms with Crippen molar-refractivity contribution >= 4 is 17.8 Å². The van der Waals surface area contributed by atoms with Gasteiger partial charge in [0.05, 0.1) is 11.5 Å². The van der Waals surface area contributed by atoms with Crippen molar-refractivity contribution in [3.8, 4) is 0 Å². The van der Waals surface area contributed by atoms with Crippen molar-refractivity contribution < 1.29 is 9.59 Å². The highest BCUT2D eigenvalue weighted by atomic mass is 16.2. The lowest BCUT2D eigenvalue weighted by atomic mass is 9.96. The van der Waals surface area contributed by atoms with Gasteiger partial charge < -0.3 is 14.7 Å². The monoisotopic (exact) mass is 413 g/mol. The molecule has 7 heteroatoms. The van der Waals surface area contributed by atoms with Gasteiger partial charge in [-0.25, -0.2) is 9.97 Å². The molecule has 4 rings (SSSR count). The summed E-state index contributed by atoms with van der Waals surface area (Å²) < 4.78 is 0. The average Bonchev–Trinajstić information content (AvgIpc) is 3.08. The molecule has 0 saturated carbocycles. The molecule has 1 aromatic heterocycles. The zero-order valence-electron chi connectivity index (χ0n) is 18.3. The summed E-state index contributed by atoms with van der Waals surface area (Å²) in [6, 6.07) is 0. The number of rotatable bonds is 3. The molecular formula is C23H35N5O2. The van der Waals surface area contributed by atoms with E-state index in [9.17, 15) is 9.59 Å². The Balaban J connectivity index is 1.36. The second kappa shape index (κ2) is 9.75. The molecule has 2 amide bonds. The minimum Gasteiger partial charge on any atom is -0.342 e. The van der Waals surface area contributed by atoms with Crippen molar-refractivity contribution in [3.05, 3.63) is 18.0 Å². The third-order valence-electron chi connectivity index (χ3n) is 6.93. The van der Waals surface area contributed by atoms with Gasteiger partial charge in [0.25, 0.3) is 5.91 Å². The Hall–Kier alpha value is -2.18. The van der Waals surface area contributed by atoms with Crippen molar-refractivity contribution in [1.82, 2.24) is 19.8 Å². The largest absolute Gasteiger partial charge is 0.342 e. The fourth-order valence-electron chi connectivity index (χ4n) is 4.90. The molecule has 1 atom stereocenters. The van der Waals surface area contributed by atoms with Gasteiger partial charge in [0.1, 0.15) is 0 Å². The molecule has 164 valence electrons. The minimum absolute atomic E-state index is 0.0535. The van der Waals surface area contributed by atoms with E-state index in [1.807, 2.05) is 9.80 Å². The summed E-state index contributed by atoms with van der Waals surface area (Å²) in [4.78, 5) is 41.0. The van der Waals surface area contributed by atoms with E-state index >= 15 is 0 Å². The van der Waals surface area contributed by atoms with Gasteiger partial charge in [0, 0.05) is 51.7 Å². The van der Waals surface area contributed by atoms with Crippen LogP contribution in [0.25, 0.3) is 0 Å². The third-order valence-corrected chi connectivity index (χ3v) is 6.93. The van der Waals surface area contributed by atoms with E-state index in [4.69, 9.17) is 0 Å². The Morgan fingerprint density at radius 3 is 2.13 bits per heavy atom. The minimum atomic E-state index is -0.0728. The molecule has 0 bridgehead atoms. The quantitative estimate of drug-likeness (QED) is 0.762. The molecule has 0 aliphatic carbocycles. The number of hydrogen-bond donors (Lipinski definition) is 0. The van der Waals surface area contributed by atoms with Crippen molar-refractivity contribution in [1.29, 1.82) is 0 Å². The van der Waals surface area contributed by atoms with Gasteiger partial charge in [-0.15, -0.1) is 0 Å². The predicted molar refractivity (Wildman–Crippen MR) is 116 cm³/mol. The zero-order valence-corrected chi connectivity index (χ0v) is 18.3. The SMILES string of the molecule is CC1CCN(c2ncc(C(=O)N3CCCC(C(=O)N4CCCCCC4)C3)cn2)CC1. The lowest BCUT2D eigenvalue weighted by molar-refractivity contribution is -0.136. The van der Waals surface area contributed by atoms with Gasteiger partial charge >= 0.3 is 0 Å². The third kappa shape index (κ3) is 4.93. The number of carbonyl (C=O) groups is 2. The first-order valence-electron chi connectivity index (χ1n) is 11.8. The number of anilines is 1. The van der Waals surface area contributed by atoms with Crippen LogP contribution >= 0.6 is 0 Å². The van der Waals surface area contributed by atoms with Crippen LogP contribution in [0.2, 0.25) is 0 Å². The Kier molecular flexibility index (Phi) is 6.85. The topological polar surface area (TPSA) is 69.6 Å². The maximum atomic E-state index is 13.0. The van der Waals surface area contributed by atoms with Crippen molar-refractivity contribution in [2.45, 2.75) is 58.3 Å². The summed E-state index contributed by atoms with van der Waals surface area (Å²) in [7, 11) is 0. The Morgan fingerprint density at radius 1 is 0.833 bits per heavy atom. The highest BCUT2D eigenvalue weighted by Crippen LogP contribution is 2.23. The first kappa shape index (κ1) is 21.1. The number of piperidine rings is 2. The van der Waals surface area contributed by atoms with Gasteiger partial charge in [0.2, 0.25) is 11.9 Å². The number of likely N-dealkylation sites (tertiary alicyclic amines) is 2. The van der Waals surface area contributed by atoms with E-state index in [0.717, 1.165) is 70.6 Å². The van der Waals surface area contributed by atoms with Gasteiger partial charge in [-0.3, -0.25) is 9.59 Å². The van der Waals surface area contributed by atoms with Gasteiger partial charge in [-0.05, 0) is 44.4 Å². The number of amides is 2. The van der Waals surface area contributed by atoms with E-state index in [-0.39, 0.29) is 17.7 Å². The van der Waals surface area contributed by atoms with Crippen LogP contribution in [0, 0.1) is 11.8 Å². The van der Waals surface area contributed by atoms with Crippen molar-refractivity contribution in [3.63, 3.8) is 0 Å². The molecule has 1 unspecified atom stereocenters. The highest BCUT2D eigenvalue weighted by Gasteiger charge is 2.32. The van der Waals surface area contributed by atoms with Crippen LogP contribution in [-0.4, -0.2) is 70.9 Å². The predicted octanol–water partition coefficient (Wildman–Crippen LogP) is 2.97. The van der Waals surface area contributed by atoms with E-state index in [1.54, 1.807) is 12.4 Å². The molecule has 3 fully saturated rings. The molecule has 3 saturated heterocycles. The lowest BCUT2D eigenvalue weighted by Gasteiger charge is -2.35. The van der Waals surface area contributed by atoms with Crippen LogP contribution in [0.4, 0.5) is 5.95 Å². The maximum absolute atomic E-state index is 13.0. The van der Waals surface area contributed by atoms with E-state index in [1.165, 1.54) is 12.8 Å². The zero-order chi connectivity index (χ0) is 20.9. The summed E-state index contributed by atoms with van der Waals surface area (Å²) >= 11 is 0. The molecule has 0 aromatic carbocycles. The summed E-state index contributed by atoms with van der Waals surface area (Å²) in [5.74, 6) is 1.58. The summed E-state index contributed by atoms with van der Waals surface area (Å²) in [6.07, 6.45) is 12.0. The van der Waals surface area contributed by atoms with Crippen LogP contribution in [0.1, 0.15) is 68.6 Å². The van der Waals surface area contributed by atoms with Crippen LogP contribution in [0.15, 0.2) is 12.4 Å². The van der Waals surface area contributed by atoms with Crippen LogP contribution in [-0.2, 0) is 4.79 Å². The molecule has 3 aliphatic rings. The van der Waals surface area contributed by atoms with E-state index < -0.39 is 0 Å². The molecule has 4 heterocycles. The summed E-state index contributed by atoms with van der Waals surface area (Å²) in [5.41, 5.74) is 0.520. The fraction of sp³-hybridized carbons (Fsp3) is 0.739. The maximum Gasteiger partial charge on any atom is 0.257 e. The molecule has 0 N–H and O–H groups in total. The highest BCUT2D eigenvalue weighted by molar-refractivity contribution is 5.94. The van der Waals surface area contributed by atoms with Gasteiger partial charge in [-0.1, -0.05) is 19.8 Å². The molecule has 3 aliphatic heterocycles. The lowest BCUT2D eigenvalue weighted by Crippen LogP contribution is -2.47. The number of nitrogens with zero attached hydrogens (tertiary/aromatic N) is 5. The van der Waals surface area contributed by atoms with Gasteiger partial charge in [-0.2, -0.15) is 0 Å². The van der Waals surface area contributed by atoms with Crippen molar-refractivity contribution in [2.75, 3.05) is 44.2 Å². The summed E-state index contributed by atoms with van der Waals surface area (Å²) in [6.45, 7) is 7.18. The van der Waals surface area contributed by atoms with Crippen LogP contribution in [0.5, 0.6) is 0 Å². The fourth-order valence-corrected chi connectivity index (χ4v) is 4.90. The standard InChI is InChI=1S/C23H35N5O2/c1-18-8-13-27(14-9-18)23-24-15-20(16-25-23)22(30)28-12-6-7-19(17-28)21(29)26-10-4-2-3-5-11-26/h15-16,18-19H,2-14,17H2,1H3. The number of hydrogen-bond acceptors (Lipinski definition) is 5. The smallest absolute Gasteiger partial charge is 0.257 e. The van der Waals surface area contributed by atoms with E-state index in [0.29, 0.717) is 24.6 Å². The first-order valence-corrected chi connectivity index (χ1v) is 11.8. The molecule has 0 radical (unpaired) electrons. The summed E-state index contributed by atoms with van der Waals surface area (Å²) in [5, 5.41) is 0. The Bertz CT molecular complexity index is 722. The first-order chi connectivity index (χ1) is 14.6. The second-order valence-corrected chi connectivity index (χ2v) is 9.27. The van der Waals surface area contributed by atoms with Crippen molar-refractivity contribution in [2.24, 2.45) is 11.8 Å². The Morgan fingerprint density at radius 2 is 1.47 bits per heavy atom. The van der Waals surface area contributed by atoms with Crippen LogP contribution in [0.3, 0.4) is 0 Å². The molecule has 7 nitrogen and oxygen atoms in total. The average molecular weight is 414 g/mol. The van der Waals surface area contributed by atoms with Gasteiger partial charge in [0.15, 0.2) is 0 Å². The molecule has 30 heavy (non-hydrogen) atoms.